The highest BCUT2D eigenvalue weighted by atomic mass is 79.9. The van der Waals surface area contributed by atoms with Gasteiger partial charge >= 0.3 is 6.18 Å². The van der Waals surface area contributed by atoms with Crippen molar-refractivity contribution < 1.29 is 22.7 Å². The lowest BCUT2D eigenvalue weighted by Crippen LogP contribution is -2.24. The summed E-state index contributed by atoms with van der Waals surface area (Å²) in [5, 5.41) is 11.8. The Hall–Kier alpha value is -3.31. The van der Waals surface area contributed by atoms with Crippen LogP contribution in [0.3, 0.4) is 0 Å². The molecular weight excluding hydrogens is 557 g/mol. The average Bonchev–Trinajstić information content (AvgIpc) is 3.29. The molecule has 1 amide bonds. The monoisotopic (exact) mass is 576 g/mol. The van der Waals surface area contributed by atoms with Crippen LogP contribution in [0.1, 0.15) is 27.3 Å². The quantitative estimate of drug-likeness (QED) is 0.250. The number of carbonyl (C=O) groups is 1. The SMILES string of the molecule is COc1cccc(C(=O)NCc2nnc(SCc3cccc(C(F)(F)F)c3)n2-c2ccc(Br)cc2)c1. The van der Waals surface area contributed by atoms with Crippen LogP contribution in [0.15, 0.2) is 82.4 Å². The summed E-state index contributed by atoms with van der Waals surface area (Å²) in [6, 6.07) is 19.4. The second-order valence-electron chi connectivity index (χ2n) is 7.61. The molecule has 4 aromatic rings. The van der Waals surface area contributed by atoms with E-state index in [0.29, 0.717) is 27.9 Å². The Bertz CT molecular complexity index is 1360. The third-order valence-electron chi connectivity index (χ3n) is 5.15. The molecule has 11 heteroatoms. The number of nitrogens with zero attached hydrogens (tertiary/aromatic N) is 3. The minimum absolute atomic E-state index is 0.0865. The van der Waals surface area contributed by atoms with Gasteiger partial charge in [0.25, 0.3) is 5.91 Å². The molecule has 0 fully saturated rings. The van der Waals surface area contributed by atoms with Gasteiger partial charge in [0.2, 0.25) is 0 Å². The van der Waals surface area contributed by atoms with Gasteiger partial charge < -0.3 is 10.1 Å². The Labute approximate surface area is 218 Å². The molecule has 0 saturated carbocycles. The van der Waals surface area contributed by atoms with Crippen molar-refractivity contribution in [3.63, 3.8) is 0 Å². The predicted octanol–water partition coefficient (Wildman–Crippen LogP) is 6.28. The molecule has 0 atom stereocenters. The minimum Gasteiger partial charge on any atom is -0.497 e. The fraction of sp³-hybridized carbons (Fsp3) is 0.160. The molecule has 36 heavy (non-hydrogen) atoms. The number of benzene rings is 3. The maximum Gasteiger partial charge on any atom is 0.416 e. The number of ether oxygens (including phenoxy) is 1. The second kappa shape index (κ2) is 11.2. The number of methoxy groups -OCH3 is 1. The van der Waals surface area contributed by atoms with Gasteiger partial charge in [-0.05, 0) is 54.1 Å². The fourth-order valence-electron chi connectivity index (χ4n) is 3.37. The highest BCUT2D eigenvalue weighted by Crippen LogP contribution is 2.32. The van der Waals surface area contributed by atoms with Gasteiger partial charge in [0.15, 0.2) is 11.0 Å². The highest BCUT2D eigenvalue weighted by molar-refractivity contribution is 9.10. The number of amides is 1. The van der Waals surface area contributed by atoms with Crippen LogP contribution in [0.2, 0.25) is 0 Å². The number of carbonyl (C=O) groups excluding carboxylic acids is 1. The van der Waals surface area contributed by atoms with E-state index in [9.17, 15) is 18.0 Å². The molecule has 0 radical (unpaired) electrons. The topological polar surface area (TPSA) is 69.0 Å². The van der Waals surface area contributed by atoms with Gasteiger partial charge in [-0.3, -0.25) is 9.36 Å². The summed E-state index contributed by atoms with van der Waals surface area (Å²) in [6.45, 7) is 0.0865. The summed E-state index contributed by atoms with van der Waals surface area (Å²) >= 11 is 4.67. The molecule has 0 aliphatic carbocycles. The molecule has 186 valence electrons. The number of rotatable bonds is 8. The number of aromatic nitrogens is 3. The first-order chi connectivity index (χ1) is 17.2. The third kappa shape index (κ3) is 6.27. The van der Waals surface area contributed by atoms with E-state index in [2.05, 4.69) is 31.4 Å². The Morgan fingerprint density at radius 1 is 1.06 bits per heavy atom. The van der Waals surface area contributed by atoms with E-state index in [1.807, 2.05) is 24.3 Å². The number of halogens is 4. The second-order valence-corrected chi connectivity index (χ2v) is 9.47. The van der Waals surface area contributed by atoms with Crippen molar-refractivity contribution >= 4 is 33.6 Å². The van der Waals surface area contributed by atoms with Crippen molar-refractivity contribution in [2.45, 2.75) is 23.6 Å². The lowest BCUT2D eigenvalue weighted by molar-refractivity contribution is -0.137. The first kappa shape index (κ1) is 25.8. The van der Waals surface area contributed by atoms with Crippen molar-refractivity contribution in [3.8, 4) is 11.4 Å². The van der Waals surface area contributed by atoms with Gasteiger partial charge in [0.1, 0.15) is 5.75 Å². The van der Waals surface area contributed by atoms with Crippen LogP contribution in [0.4, 0.5) is 13.2 Å². The van der Waals surface area contributed by atoms with Gasteiger partial charge in [-0.1, -0.05) is 52.0 Å². The number of thioether (sulfide) groups is 1. The van der Waals surface area contributed by atoms with Gasteiger partial charge in [0, 0.05) is 21.5 Å². The van der Waals surface area contributed by atoms with E-state index >= 15 is 0 Å². The average molecular weight is 577 g/mol. The van der Waals surface area contributed by atoms with Crippen LogP contribution in [0, 0.1) is 0 Å². The largest absolute Gasteiger partial charge is 0.497 e. The molecule has 3 aromatic carbocycles. The number of nitrogens with one attached hydrogen (secondary N) is 1. The fourth-order valence-corrected chi connectivity index (χ4v) is 4.55. The molecule has 0 aliphatic rings. The molecule has 0 spiro atoms. The Morgan fingerprint density at radius 3 is 2.53 bits per heavy atom. The molecule has 0 unspecified atom stereocenters. The van der Waals surface area contributed by atoms with Gasteiger partial charge in [-0.2, -0.15) is 13.2 Å². The van der Waals surface area contributed by atoms with E-state index < -0.39 is 11.7 Å². The molecule has 1 aromatic heterocycles. The number of alkyl halides is 3. The molecular formula is C25H20BrF3N4O2S. The molecule has 6 nitrogen and oxygen atoms in total. The normalized spacial score (nSPS) is 11.4. The summed E-state index contributed by atoms with van der Waals surface area (Å²) in [5.41, 5.74) is 0.993. The van der Waals surface area contributed by atoms with E-state index in [0.717, 1.165) is 22.3 Å². The van der Waals surface area contributed by atoms with Crippen molar-refractivity contribution in [2.24, 2.45) is 0 Å². The summed E-state index contributed by atoms with van der Waals surface area (Å²) in [7, 11) is 1.52. The molecule has 0 saturated heterocycles. The maximum atomic E-state index is 13.1. The van der Waals surface area contributed by atoms with Crippen LogP contribution >= 0.6 is 27.7 Å². The predicted molar refractivity (Wildman–Crippen MR) is 134 cm³/mol. The van der Waals surface area contributed by atoms with Crippen LogP contribution in [-0.2, 0) is 18.5 Å². The zero-order valence-corrected chi connectivity index (χ0v) is 21.3. The van der Waals surface area contributed by atoms with Gasteiger partial charge in [0.05, 0.1) is 19.2 Å². The molecule has 1 heterocycles. The molecule has 0 bridgehead atoms. The molecule has 1 N–H and O–H groups in total. The Morgan fingerprint density at radius 2 is 1.81 bits per heavy atom. The Balaban J connectivity index is 1.56. The van der Waals surface area contributed by atoms with E-state index in [4.69, 9.17) is 4.74 Å². The van der Waals surface area contributed by atoms with E-state index in [1.165, 1.54) is 24.9 Å². The van der Waals surface area contributed by atoms with Crippen LogP contribution in [0.5, 0.6) is 5.75 Å². The smallest absolute Gasteiger partial charge is 0.416 e. The summed E-state index contributed by atoms with van der Waals surface area (Å²) in [5.74, 6) is 0.987. The van der Waals surface area contributed by atoms with Gasteiger partial charge in [-0.25, -0.2) is 0 Å². The number of hydrogen-bond donors (Lipinski definition) is 1. The van der Waals surface area contributed by atoms with Crippen molar-refractivity contribution in [3.05, 3.63) is 99.8 Å². The first-order valence-corrected chi connectivity index (χ1v) is 12.4. The lowest BCUT2D eigenvalue weighted by Gasteiger charge is -2.12. The highest BCUT2D eigenvalue weighted by Gasteiger charge is 2.30. The van der Waals surface area contributed by atoms with Crippen molar-refractivity contribution in [1.29, 1.82) is 0 Å². The van der Waals surface area contributed by atoms with Gasteiger partial charge in [-0.15, -0.1) is 10.2 Å². The van der Waals surface area contributed by atoms with E-state index in [-0.39, 0.29) is 18.2 Å². The Kier molecular flexibility index (Phi) is 8.00. The summed E-state index contributed by atoms with van der Waals surface area (Å²) in [6.07, 6.45) is -4.41. The molecule has 0 aliphatic heterocycles. The summed E-state index contributed by atoms with van der Waals surface area (Å²) < 4.78 is 47.1. The standard InChI is InChI=1S/C25H20BrF3N4O2S/c1-35-21-7-3-5-17(13-21)23(34)30-14-22-31-32-24(33(22)20-10-8-19(26)9-11-20)36-15-16-4-2-6-18(12-16)25(27,28)29/h2-13H,14-15H2,1H3,(H,30,34). The van der Waals surface area contributed by atoms with E-state index in [1.54, 1.807) is 34.9 Å². The van der Waals surface area contributed by atoms with Crippen LogP contribution < -0.4 is 10.1 Å². The zero-order chi connectivity index (χ0) is 25.7. The first-order valence-electron chi connectivity index (χ1n) is 10.7. The van der Waals surface area contributed by atoms with Crippen molar-refractivity contribution in [1.82, 2.24) is 20.1 Å². The molecule has 4 rings (SSSR count). The number of hydrogen-bond acceptors (Lipinski definition) is 5. The zero-order valence-electron chi connectivity index (χ0n) is 18.9. The van der Waals surface area contributed by atoms with Crippen molar-refractivity contribution in [2.75, 3.05) is 7.11 Å². The lowest BCUT2D eigenvalue weighted by atomic mass is 10.1. The summed E-state index contributed by atoms with van der Waals surface area (Å²) in [4.78, 5) is 12.7. The minimum atomic E-state index is -4.41. The van der Waals surface area contributed by atoms with Crippen LogP contribution in [0.25, 0.3) is 5.69 Å². The maximum absolute atomic E-state index is 13.1. The van der Waals surface area contributed by atoms with Crippen LogP contribution in [-0.4, -0.2) is 27.8 Å². The third-order valence-corrected chi connectivity index (χ3v) is 6.68.